The van der Waals surface area contributed by atoms with Crippen LogP contribution in [0, 0.1) is 25.2 Å². The number of nitrogens with zero attached hydrogens (tertiary/aromatic N) is 3. The molecule has 2 rings (SSSR count). The smallest absolute Gasteiger partial charge is 0.257 e. The summed E-state index contributed by atoms with van der Waals surface area (Å²) in [4.78, 5) is 0. The van der Waals surface area contributed by atoms with Gasteiger partial charge in [0, 0.05) is 0 Å². The quantitative estimate of drug-likeness (QED) is 0.843. The molecule has 0 unspecified atom stereocenters. The van der Waals surface area contributed by atoms with Gasteiger partial charge in [-0.05, 0) is 31.5 Å². The van der Waals surface area contributed by atoms with Gasteiger partial charge in [0.15, 0.2) is 11.5 Å². The fraction of sp³-hybridized carbons (Fsp3) is 0.214. The third-order valence-electron chi connectivity index (χ3n) is 2.81. The highest BCUT2D eigenvalue weighted by atomic mass is 16.5. The van der Waals surface area contributed by atoms with Crippen molar-refractivity contribution in [2.24, 2.45) is 0 Å². The minimum Gasteiger partial charge on any atom is -0.493 e. The highest BCUT2D eigenvalue weighted by molar-refractivity contribution is 5.48. The van der Waals surface area contributed by atoms with Gasteiger partial charge in [-0.25, -0.2) is 0 Å². The van der Waals surface area contributed by atoms with Crippen LogP contribution in [0.3, 0.4) is 0 Å². The van der Waals surface area contributed by atoms with Gasteiger partial charge < -0.3 is 9.47 Å². The van der Waals surface area contributed by atoms with Crippen LogP contribution in [-0.4, -0.2) is 17.3 Å². The minimum absolute atomic E-state index is 0.190. The van der Waals surface area contributed by atoms with Crippen molar-refractivity contribution in [2.45, 2.75) is 13.8 Å². The number of hydrogen-bond donors (Lipinski definition) is 0. The van der Waals surface area contributed by atoms with E-state index >= 15 is 0 Å². The van der Waals surface area contributed by atoms with Crippen LogP contribution in [-0.2, 0) is 0 Å². The van der Waals surface area contributed by atoms with Crippen molar-refractivity contribution >= 4 is 0 Å². The molecule has 1 heterocycles. The number of nitriles is 1. The van der Waals surface area contributed by atoms with Crippen LogP contribution < -0.4 is 9.47 Å². The summed E-state index contributed by atoms with van der Waals surface area (Å²) >= 11 is 0. The van der Waals surface area contributed by atoms with Gasteiger partial charge in [-0.1, -0.05) is 12.1 Å². The van der Waals surface area contributed by atoms with Crippen LogP contribution in [0.25, 0.3) is 0 Å². The molecule has 0 aliphatic carbocycles. The molecule has 2 aromatic rings. The van der Waals surface area contributed by atoms with Crippen molar-refractivity contribution in [1.29, 1.82) is 5.26 Å². The zero-order chi connectivity index (χ0) is 13.8. The van der Waals surface area contributed by atoms with Crippen LogP contribution in [0.5, 0.6) is 17.4 Å². The van der Waals surface area contributed by atoms with E-state index in [9.17, 15) is 5.26 Å². The van der Waals surface area contributed by atoms with Gasteiger partial charge >= 0.3 is 0 Å². The molecule has 1 aromatic heterocycles. The summed E-state index contributed by atoms with van der Waals surface area (Å²) in [6.07, 6.45) is 0. The molecule has 0 atom stereocenters. The number of ether oxygens (including phenoxy) is 2. The Morgan fingerprint density at radius 2 is 1.79 bits per heavy atom. The lowest BCUT2D eigenvalue weighted by Gasteiger charge is -2.11. The van der Waals surface area contributed by atoms with Crippen LogP contribution in [0.4, 0.5) is 0 Å². The van der Waals surface area contributed by atoms with Gasteiger partial charge in [-0.15, -0.1) is 5.10 Å². The van der Waals surface area contributed by atoms with Gasteiger partial charge in [0.1, 0.15) is 11.6 Å². The average Bonchev–Trinajstić information content (AvgIpc) is 2.44. The number of hydrogen-bond acceptors (Lipinski definition) is 5. The van der Waals surface area contributed by atoms with Crippen molar-refractivity contribution in [2.75, 3.05) is 7.11 Å². The molecule has 0 amide bonds. The second-order valence-electron chi connectivity index (χ2n) is 3.96. The predicted molar refractivity (Wildman–Crippen MR) is 69.3 cm³/mol. The van der Waals surface area contributed by atoms with E-state index in [4.69, 9.17) is 9.47 Å². The number of methoxy groups -OCH3 is 1. The number of para-hydroxylation sites is 2. The minimum atomic E-state index is 0.190. The molecular weight excluding hydrogens is 242 g/mol. The Bertz CT molecular complexity index is 648. The van der Waals surface area contributed by atoms with Crippen molar-refractivity contribution < 1.29 is 9.47 Å². The van der Waals surface area contributed by atoms with Gasteiger partial charge in [-0.3, -0.25) is 0 Å². The van der Waals surface area contributed by atoms with Crippen LogP contribution in [0.2, 0.25) is 0 Å². The molecule has 1 aromatic carbocycles. The molecule has 0 aliphatic rings. The molecule has 5 heteroatoms. The van der Waals surface area contributed by atoms with Crippen LogP contribution >= 0.6 is 0 Å². The van der Waals surface area contributed by atoms with Crippen molar-refractivity contribution in [1.82, 2.24) is 10.2 Å². The molecule has 0 spiro atoms. The third kappa shape index (κ3) is 2.47. The number of rotatable bonds is 3. The summed E-state index contributed by atoms with van der Waals surface area (Å²) < 4.78 is 10.8. The van der Waals surface area contributed by atoms with Gasteiger partial charge in [-0.2, -0.15) is 10.4 Å². The number of aromatic nitrogens is 2. The summed E-state index contributed by atoms with van der Waals surface area (Å²) in [5.41, 5.74) is 1.87. The van der Waals surface area contributed by atoms with E-state index in [2.05, 4.69) is 16.3 Å². The Labute approximate surface area is 111 Å². The highest BCUT2D eigenvalue weighted by Gasteiger charge is 2.14. The predicted octanol–water partition coefficient (Wildman–Crippen LogP) is 2.77. The van der Waals surface area contributed by atoms with E-state index in [0.717, 1.165) is 5.56 Å². The molecule has 0 saturated carbocycles. The normalized spacial score (nSPS) is 9.79. The molecular formula is C14H13N3O2. The summed E-state index contributed by atoms with van der Waals surface area (Å²) in [7, 11) is 1.56. The Kier molecular flexibility index (Phi) is 3.62. The molecule has 0 N–H and O–H groups in total. The Morgan fingerprint density at radius 1 is 1.11 bits per heavy atom. The average molecular weight is 255 g/mol. The van der Waals surface area contributed by atoms with E-state index in [1.165, 1.54) is 0 Å². The maximum Gasteiger partial charge on any atom is 0.257 e. The molecule has 0 saturated heterocycles. The molecule has 19 heavy (non-hydrogen) atoms. The molecule has 0 aliphatic heterocycles. The maximum atomic E-state index is 9.20. The second kappa shape index (κ2) is 5.36. The van der Waals surface area contributed by atoms with E-state index in [1.807, 2.05) is 19.1 Å². The van der Waals surface area contributed by atoms with Gasteiger partial charge in [0.05, 0.1) is 12.8 Å². The standard InChI is InChI=1S/C14H13N3O2/c1-9-10(2)16-17-14(11(9)8-15)19-13-7-5-4-6-12(13)18-3/h4-7H,1-3H3. The van der Waals surface area contributed by atoms with Gasteiger partial charge in [0.2, 0.25) is 0 Å². The second-order valence-corrected chi connectivity index (χ2v) is 3.96. The van der Waals surface area contributed by atoms with Crippen molar-refractivity contribution in [3.63, 3.8) is 0 Å². The third-order valence-corrected chi connectivity index (χ3v) is 2.81. The summed E-state index contributed by atoms with van der Waals surface area (Å²) in [5.74, 6) is 1.26. The first kappa shape index (κ1) is 12.8. The monoisotopic (exact) mass is 255 g/mol. The topological polar surface area (TPSA) is 68.0 Å². The Morgan fingerprint density at radius 3 is 2.42 bits per heavy atom. The summed E-state index contributed by atoms with van der Waals surface area (Å²) in [5, 5.41) is 17.1. The van der Waals surface area contributed by atoms with Crippen LogP contribution in [0.1, 0.15) is 16.8 Å². The Balaban J connectivity index is 2.45. The number of benzene rings is 1. The Hall–Kier alpha value is -2.61. The lowest BCUT2D eigenvalue weighted by molar-refractivity contribution is 0.371. The molecule has 5 nitrogen and oxygen atoms in total. The summed E-state index contributed by atoms with van der Waals surface area (Å²) in [6, 6.07) is 9.27. The van der Waals surface area contributed by atoms with Gasteiger partial charge in [0.25, 0.3) is 5.88 Å². The first-order chi connectivity index (χ1) is 9.17. The first-order valence-corrected chi connectivity index (χ1v) is 5.72. The van der Waals surface area contributed by atoms with E-state index in [1.54, 1.807) is 26.2 Å². The van der Waals surface area contributed by atoms with E-state index < -0.39 is 0 Å². The fourth-order valence-corrected chi connectivity index (χ4v) is 1.60. The highest BCUT2D eigenvalue weighted by Crippen LogP contribution is 2.32. The zero-order valence-corrected chi connectivity index (χ0v) is 11.0. The lowest BCUT2D eigenvalue weighted by atomic mass is 10.1. The van der Waals surface area contributed by atoms with E-state index in [0.29, 0.717) is 22.8 Å². The summed E-state index contributed by atoms with van der Waals surface area (Å²) in [6.45, 7) is 3.62. The van der Waals surface area contributed by atoms with E-state index in [-0.39, 0.29) is 5.88 Å². The maximum absolute atomic E-state index is 9.20. The zero-order valence-electron chi connectivity index (χ0n) is 11.0. The van der Waals surface area contributed by atoms with Crippen LogP contribution in [0.15, 0.2) is 24.3 Å². The van der Waals surface area contributed by atoms with Crippen molar-refractivity contribution in [3.05, 3.63) is 41.1 Å². The molecule has 0 fully saturated rings. The molecule has 0 radical (unpaired) electrons. The lowest BCUT2D eigenvalue weighted by Crippen LogP contribution is -2.01. The molecule has 0 bridgehead atoms. The SMILES string of the molecule is COc1ccccc1Oc1nnc(C)c(C)c1C#N. The largest absolute Gasteiger partial charge is 0.493 e. The fourth-order valence-electron chi connectivity index (χ4n) is 1.60. The van der Waals surface area contributed by atoms with Crippen molar-refractivity contribution in [3.8, 4) is 23.4 Å². The number of aryl methyl sites for hydroxylation is 1. The first-order valence-electron chi connectivity index (χ1n) is 5.72. The molecule has 96 valence electrons.